The number of amides is 3. The van der Waals surface area contributed by atoms with Crippen LogP contribution in [0.15, 0.2) is 36.4 Å². The van der Waals surface area contributed by atoms with Gasteiger partial charge in [-0.05, 0) is 42.0 Å². The van der Waals surface area contributed by atoms with Crippen LogP contribution in [0, 0.1) is 0 Å². The molecule has 0 spiro atoms. The highest BCUT2D eigenvalue weighted by molar-refractivity contribution is 6.21. The molecular weight excluding hydrogens is 376 g/mol. The van der Waals surface area contributed by atoms with Crippen molar-refractivity contribution in [3.05, 3.63) is 53.1 Å². The van der Waals surface area contributed by atoms with E-state index in [0.717, 1.165) is 4.90 Å². The van der Waals surface area contributed by atoms with E-state index in [2.05, 4.69) is 5.32 Å². The van der Waals surface area contributed by atoms with E-state index in [1.165, 1.54) is 32.4 Å². The third kappa shape index (κ3) is 3.40. The Morgan fingerprint density at radius 3 is 2.66 bits per heavy atom. The molecule has 0 atom stereocenters. The smallest absolute Gasteiger partial charge is 0.261 e. The summed E-state index contributed by atoms with van der Waals surface area (Å²) in [7, 11) is 2.96. The third-order valence-electron chi connectivity index (χ3n) is 4.63. The lowest BCUT2D eigenvalue weighted by molar-refractivity contribution is -0.111. The highest BCUT2D eigenvalue weighted by atomic mass is 16.6. The van der Waals surface area contributed by atoms with Crippen LogP contribution in [0.5, 0.6) is 17.2 Å². The minimum atomic E-state index is -0.389. The first-order valence-corrected chi connectivity index (χ1v) is 8.91. The van der Waals surface area contributed by atoms with Crippen LogP contribution in [0.4, 0.5) is 5.69 Å². The highest BCUT2D eigenvalue weighted by Crippen LogP contribution is 2.40. The van der Waals surface area contributed by atoms with Gasteiger partial charge in [0, 0.05) is 18.8 Å². The number of methoxy groups -OCH3 is 1. The molecule has 0 radical (unpaired) electrons. The zero-order valence-corrected chi connectivity index (χ0v) is 15.9. The van der Waals surface area contributed by atoms with E-state index < -0.39 is 0 Å². The van der Waals surface area contributed by atoms with Crippen molar-refractivity contribution in [2.45, 2.75) is 0 Å². The Morgan fingerprint density at radius 2 is 1.86 bits per heavy atom. The lowest BCUT2D eigenvalue weighted by atomic mass is 10.1. The molecule has 29 heavy (non-hydrogen) atoms. The molecule has 0 saturated heterocycles. The summed E-state index contributed by atoms with van der Waals surface area (Å²) in [6.07, 6.45) is 2.98. The molecular formula is C21H18N2O6. The summed E-state index contributed by atoms with van der Waals surface area (Å²) >= 11 is 0. The Bertz CT molecular complexity index is 1040. The average molecular weight is 394 g/mol. The Hall–Kier alpha value is -3.81. The molecule has 8 heteroatoms. The number of hydrogen-bond donors (Lipinski definition) is 1. The van der Waals surface area contributed by atoms with Crippen LogP contribution in [0.3, 0.4) is 0 Å². The van der Waals surface area contributed by atoms with Crippen LogP contribution in [0.1, 0.15) is 26.3 Å². The minimum absolute atomic E-state index is 0.274. The molecule has 0 bridgehead atoms. The van der Waals surface area contributed by atoms with Crippen LogP contribution in [-0.4, -0.2) is 50.0 Å². The second-order valence-corrected chi connectivity index (χ2v) is 6.50. The normalized spacial score (nSPS) is 14.9. The number of fused-ring (bicyclic) bond motifs is 2. The molecule has 0 unspecified atom stereocenters. The van der Waals surface area contributed by atoms with E-state index in [0.29, 0.717) is 47.3 Å². The number of rotatable bonds is 4. The highest BCUT2D eigenvalue weighted by Gasteiger charge is 2.32. The first-order chi connectivity index (χ1) is 14.0. The van der Waals surface area contributed by atoms with Gasteiger partial charge in [0.05, 0.1) is 18.2 Å². The number of benzene rings is 2. The second-order valence-electron chi connectivity index (χ2n) is 6.50. The van der Waals surface area contributed by atoms with Crippen molar-refractivity contribution >= 4 is 29.5 Å². The zero-order chi connectivity index (χ0) is 20.5. The van der Waals surface area contributed by atoms with E-state index >= 15 is 0 Å². The van der Waals surface area contributed by atoms with Crippen LogP contribution in [-0.2, 0) is 4.79 Å². The average Bonchev–Trinajstić information content (AvgIpc) is 2.95. The summed E-state index contributed by atoms with van der Waals surface area (Å²) in [5.41, 5.74) is 1.73. The predicted octanol–water partition coefficient (Wildman–Crippen LogP) is 2.34. The number of ether oxygens (including phenoxy) is 3. The van der Waals surface area contributed by atoms with Gasteiger partial charge in [0.25, 0.3) is 11.8 Å². The molecule has 2 aliphatic heterocycles. The molecule has 148 valence electrons. The number of nitrogens with one attached hydrogen (secondary N) is 1. The largest absolute Gasteiger partial charge is 0.493 e. The fraction of sp³-hybridized carbons (Fsp3) is 0.190. The van der Waals surface area contributed by atoms with Crippen LogP contribution in [0.25, 0.3) is 6.08 Å². The molecule has 2 aliphatic rings. The second kappa shape index (κ2) is 7.31. The summed E-state index contributed by atoms with van der Waals surface area (Å²) < 4.78 is 16.5. The Labute approximate surface area is 166 Å². The van der Waals surface area contributed by atoms with Gasteiger partial charge in [-0.25, -0.2) is 0 Å². The standard InChI is InChI=1S/C21H18N2O6/c1-23-20(25)14-5-4-13(11-15(14)21(23)26)22-18(24)6-3-12-9-16(27-2)19-17(10-12)28-7-8-29-19/h3-6,9-11H,7-8H2,1-2H3,(H,22,24)/b6-3+. The molecule has 2 aromatic rings. The SMILES string of the molecule is COc1cc(/C=C/C(=O)Nc2ccc3c(c2)C(=O)N(C)C3=O)cc2c1OCCO2. The molecule has 3 amide bonds. The van der Waals surface area contributed by atoms with Gasteiger partial charge in [0.1, 0.15) is 13.2 Å². The minimum Gasteiger partial charge on any atom is -0.493 e. The van der Waals surface area contributed by atoms with Gasteiger partial charge in [-0.15, -0.1) is 0 Å². The maximum atomic E-state index is 12.3. The van der Waals surface area contributed by atoms with E-state index in [9.17, 15) is 14.4 Å². The summed E-state index contributed by atoms with van der Waals surface area (Å²) in [5.74, 6) is 0.497. The molecule has 0 saturated carbocycles. The Kier molecular flexibility index (Phi) is 4.67. The molecule has 0 fully saturated rings. The fourth-order valence-electron chi connectivity index (χ4n) is 3.18. The van der Waals surface area contributed by atoms with Gasteiger partial charge in [-0.2, -0.15) is 0 Å². The topological polar surface area (TPSA) is 94.2 Å². The quantitative estimate of drug-likeness (QED) is 0.632. The third-order valence-corrected chi connectivity index (χ3v) is 4.63. The number of imide groups is 1. The van der Waals surface area contributed by atoms with Crippen molar-refractivity contribution in [1.82, 2.24) is 4.90 Å². The summed E-state index contributed by atoms with van der Waals surface area (Å²) in [5, 5.41) is 2.69. The van der Waals surface area contributed by atoms with Gasteiger partial charge in [-0.3, -0.25) is 19.3 Å². The van der Waals surface area contributed by atoms with Gasteiger partial charge in [-0.1, -0.05) is 0 Å². The first kappa shape index (κ1) is 18.5. The lowest BCUT2D eigenvalue weighted by Gasteiger charge is -2.20. The maximum absolute atomic E-state index is 12.3. The molecule has 2 heterocycles. The molecule has 8 nitrogen and oxygen atoms in total. The van der Waals surface area contributed by atoms with Gasteiger partial charge >= 0.3 is 0 Å². The molecule has 2 aromatic carbocycles. The van der Waals surface area contributed by atoms with E-state index in [1.54, 1.807) is 24.3 Å². The number of carbonyl (C=O) groups is 3. The zero-order valence-electron chi connectivity index (χ0n) is 15.9. The van der Waals surface area contributed by atoms with Crippen LogP contribution in [0.2, 0.25) is 0 Å². The van der Waals surface area contributed by atoms with E-state index in [4.69, 9.17) is 14.2 Å². The molecule has 0 aliphatic carbocycles. The first-order valence-electron chi connectivity index (χ1n) is 8.91. The molecule has 1 N–H and O–H groups in total. The van der Waals surface area contributed by atoms with Gasteiger partial charge < -0.3 is 19.5 Å². The monoisotopic (exact) mass is 394 g/mol. The Morgan fingerprint density at radius 1 is 1.10 bits per heavy atom. The summed E-state index contributed by atoms with van der Waals surface area (Å²) in [6, 6.07) is 8.12. The summed E-state index contributed by atoms with van der Waals surface area (Å²) in [6.45, 7) is 0.893. The fourth-order valence-corrected chi connectivity index (χ4v) is 3.18. The summed E-state index contributed by atoms with van der Waals surface area (Å²) in [4.78, 5) is 37.3. The van der Waals surface area contributed by atoms with Crippen LogP contribution >= 0.6 is 0 Å². The van der Waals surface area contributed by atoms with Crippen molar-refractivity contribution in [3.8, 4) is 17.2 Å². The van der Waals surface area contributed by atoms with Crippen molar-refractivity contribution in [1.29, 1.82) is 0 Å². The van der Waals surface area contributed by atoms with Gasteiger partial charge in [0.2, 0.25) is 11.7 Å². The molecule has 0 aromatic heterocycles. The lowest BCUT2D eigenvalue weighted by Crippen LogP contribution is -2.24. The molecule has 4 rings (SSSR count). The van der Waals surface area contributed by atoms with Crippen molar-refractivity contribution in [2.75, 3.05) is 32.7 Å². The van der Waals surface area contributed by atoms with E-state index in [1.807, 2.05) is 0 Å². The number of hydrogen-bond acceptors (Lipinski definition) is 6. The predicted molar refractivity (Wildman–Crippen MR) is 105 cm³/mol. The van der Waals surface area contributed by atoms with Crippen LogP contribution < -0.4 is 19.5 Å². The number of carbonyl (C=O) groups excluding carboxylic acids is 3. The number of nitrogens with zero attached hydrogens (tertiary/aromatic N) is 1. The number of anilines is 1. The maximum Gasteiger partial charge on any atom is 0.261 e. The van der Waals surface area contributed by atoms with Gasteiger partial charge in [0.15, 0.2) is 11.5 Å². The van der Waals surface area contributed by atoms with Crippen molar-refractivity contribution < 1.29 is 28.6 Å². The van der Waals surface area contributed by atoms with Crippen molar-refractivity contribution in [2.24, 2.45) is 0 Å². The van der Waals surface area contributed by atoms with E-state index in [-0.39, 0.29) is 23.3 Å². The van der Waals surface area contributed by atoms with Crippen molar-refractivity contribution in [3.63, 3.8) is 0 Å². The Balaban J connectivity index is 1.50.